The largest absolute Gasteiger partial charge is 0.496 e. The van der Waals surface area contributed by atoms with Gasteiger partial charge in [-0.15, -0.1) is 0 Å². The number of nitrogens with one attached hydrogen (secondary N) is 1. The van der Waals surface area contributed by atoms with Crippen molar-refractivity contribution in [3.05, 3.63) is 58.1 Å². The highest BCUT2D eigenvalue weighted by atomic mass is 32.2. The highest BCUT2D eigenvalue weighted by Gasteiger charge is 2.27. The summed E-state index contributed by atoms with van der Waals surface area (Å²) < 4.78 is 33.3. The molecule has 2 aromatic rings. The third-order valence-electron chi connectivity index (χ3n) is 6.46. The van der Waals surface area contributed by atoms with Gasteiger partial charge in [-0.2, -0.15) is 4.31 Å². The molecule has 1 atom stereocenters. The average Bonchev–Trinajstić information content (AvgIpc) is 2.79. The van der Waals surface area contributed by atoms with Crippen LogP contribution in [-0.4, -0.2) is 38.8 Å². The van der Waals surface area contributed by atoms with E-state index in [0.717, 1.165) is 47.3 Å². The van der Waals surface area contributed by atoms with Gasteiger partial charge in [-0.25, -0.2) is 8.42 Å². The quantitative estimate of drug-likeness (QED) is 0.608. The average molecular weight is 473 g/mol. The molecule has 1 aliphatic heterocycles. The van der Waals surface area contributed by atoms with Crippen molar-refractivity contribution in [2.75, 3.05) is 20.2 Å². The smallest absolute Gasteiger partial charge is 0.252 e. The van der Waals surface area contributed by atoms with Crippen LogP contribution in [0.5, 0.6) is 5.75 Å². The number of benzene rings is 2. The molecule has 1 amide bonds. The van der Waals surface area contributed by atoms with Crippen molar-refractivity contribution in [1.29, 1.82) is 0 Å². The minimum atomic E-state index is -3.61. The van der Waals surface area contributed by atoms with Gasteiger partial charge >= 0.3 is 0 Å². The van der Waals surface area contributed by atoms with Gasteiger partial charge < -0.3 is 10.1 Å². The maximum Gasteiger partial charge on any atom is 0.252 e. The number of aryl methyl sites for hydroxylation is 2. The van der Waals surface area contributed by atoms with Gasteiger partial charge in [0.15, 0.2) is 0 Å². The molecule has 0 saturated carbocycles. The number of carbonyl (C=O) groups excluding carboxylic acids is 1. The predicted octanol–water partition coefficient (Wildman–Crippen LogP) is 5.10. The number of nitrogens with zero attached hydrogens (tertiary/aromatic N) is 1. The zero-order chi connectivity index (χ0) is 24.3. The zero-order valence-electron chi connectivity index (χ0n) is 20.6. The summed E-state index contributed by atoms with van der Waals surface area (Å²) in [4.78, 5) is 13.4. The van der Waals surface area contributed by atoms with Crippen LogP contribution >= 0.6 is 0 Å². The number of carbonyl (C=O) groups is 1. The molecule has 0 unspecified atom stereocenters. The maximum atomic E-state index is 13.2. The van der Waals surface area contributed by atoms with Crippen LogP contribution in [0.15, 0.2) is 35.2 Å². The summed E-state index contributed by atoms with van der Waals surface area (Å²) in [5.74, 6) is 0.842. The zero-order valence-corrected chi connectivity index (χ0v) is 21.4. The molecule has 1 heterocycles. The maximum absolute atomic E-state index is 13.2. The second-order valence-corrected chi connectivity index (χ2v) is 11.2. The van der Waals surface area contributed by atoms with E-state index in [1.807, 2.05) is 26.8 Å². The van der Waals surface area contributed by atoms with Crippen molar-refractivity contribution >= 4 is 15.9 Å². The summed E-state index contributed by atoms with van der Waals surface area (Å²) in [5.41, 5.74) is 4.26. The first-order valence-electron chi connectivity index (χ1n) is 11.7. The molecule has 0 aromatic heterocycles. The first kappa shape index (κ1) is 25.2. The number of rotatable bonds is 7. The molecule has 0 spiro atoms. The van der Waals surface area contributed by atoms with Gasteiger partial charge in [0.05, 0.1) is 18.0 Å². The molecule has 1 saturated heterocycles. The van der Waals surface area contributed by atoms with Crippen LogP contribution in [0.1, 0.15) is 84.6 Å². The summed E-state index contributed by atoms with van der Waals surface area (Å²) in [6, 6.07) is 8.68. The van der Waals surface area contributed by atoms with Crippen LogP contribution in [0.2, 0.25) is 0 Å². The molecule has 0 aliphatic carbocycles. The van der Waals surface area contributed by atoms with Crippen LogP contribution in [-0.2, 0) is 10.0 Å². The van der Waals surface area contributed by atoms with Crippen LogP contribution in [0.3, 0.4) is 0 Å². The first-order valence-corrected chi connectivity index (χ1v) is 13.1. The summed E-state index contributed by atoms with van der Waals surface area (Å²) in [6.45, 7) is 11.1. The van der Waals surface area contributed by atoms with Crippen molar-refractivity contribution in [2.45, 2.75) is 70.7 Å². The Morgan fingerprint density at radius 3 is 2.24 bits per heavy atom. The lowest BCUT2D eigenvalue weighted by Crippen LogP contribution is -2.36. The molecule has 6 nitrogen and oxygen atoms in total. The molecule has 3 rings (SSSR count). The minimum Gasteiger partial charge on any atom is -0.496 e. The molecule has 1 N–H and O–H groups in total. The van der Waals surface area contributed by atoms with Gasteiger partial charge in [0.1, 0.15) is 5.75 Å². The number of amides is 1. The van der Waals surface area contributed by atoms with Crippen molar-refractivity contribution in [2.24, 2.45) is 0 Å². The molecule has 180 valence electrons. The van der Waals surface area contributed by atoms with E-state index >= 15 is 0 Å². The molecule has 0 radical (unpaired) electrons. The van der Waals surface area contributed by atoms with E-state index in [-0.39, 0.29) is 22.8 Å². The van der Waals surface area contributed by atoms with Crippen LogP contribution < -0.4 is 10.1 Å². The van der Waals surface area contributed by atoms with Crippen LogP contribution in [0, 0.1) is 13.8 Å². The monoisotopic (exact) mass is 472 g/mol. The van der Waals surface area contributed by atoms with E-state index < -0.39 is 10.0 Å². The fraction of sp³-hybridized carbons (Fsp3) is 0.500. The third-order valence-corrected chi connectivity index (χ3v) is 8.36. The number of hydrogen-bond donors (Lipinski definition) is 1. The van der Waals surface area contributed by atoms with Gasteiger partial charge in [0.25, 0.3) is 5.91 Å². The van der Waals surface area contributed by atoms with Gasteiger partial charge in [-0.3, -0.25) is 4.79 Å². The Kier molecular flexibility index (Phi) is 7.85. The highest BCUT2D eigenvalue weighted by Crippen LogP contribution is 2.32. The lowest BCUT2D eigenvalue weighted by atomic mass is 9.93. The molecule has 2 aromatic carbocycles. The molecule has 1 fully saturated rings. The molecule has 0 bridgehead atoms. The number of methoxy groups -OCH3 is 1. The van der Waals surface area contributed by atoms with E-state index in [0.29, 0.717) is 18.7 Å². The molecule has 33 heavy (non-hydrogen) atoms. The molecule has 7 heteroatoms. The Balaban J connectivity index is 1.87. The fourth-order valence-electron chi connectivity index (χ4n) is 4.42. The van der Waals surface area contributed by atoms with Gasteiger partial charge in [-0.1, -0.05) is 26.3 Å². The summed E-state index contributed by atoms with van der Waals surface area (Å²) in [6.07, 6.45) is 2.79. The molecular weight excluding hydrogens is 436 g/mol. The van der Waals surface area contributed by atoms with E-state index in [1.54, 1.807) is 19.2 Å². The lowest BCUT2D eigenvalue weighted by Gasteiger charge is -2.26. The van der Waals surface area contributed by atoms with Crippen molar-refractivity contribution in [3.8, 4) is 5.75 Å². The van der Waals surface area contributed by atoms with Crippen molar-refractivity contribution < 1.29 is 17.9 Å². The standard InChI is InChI=1S/C26H36N2O4S/c1-17(2)22-16-23(19(4)14-25(22)32-6)20(5)27-26(29)24-15-21(11-10-18(24)3)33(30,31)28-12-8-7-9-13-28/h10-11,14-17,20H,7-9,12-13H2,1-6H3,(H,27,29)/t20-/m0/s1. The Labute approximate surface area is 198 Å². The van der Waals surface area contributed by atoms with Crippen molar-refractivity contribution in [1.82, 2.24) is 9.62 Å². The van der Waals surface area contributed by atoms with Crippen molar-refractivity contribution in [3.63, 3.8) is 0 Å². The Bertz CT molecular complexity index is 1120. The second kappa shape index (κ2) is 10.3. The van der Waals surface area contributed by atoms with Crippen LogP contribution in [0.4, 0.5) is 0 Å². The summed E-state index contributed by atoms with van der Waals surface area (Å²) in [5, 5.41) is 3.07. The SMILES string of the molecule is COc1cc(C)c([C@H](C)NC(=O)c2cc(S(=O)(=O)N3CCCCC3)ccc2C)cc1C(C)C. The minimum absolute atomic E-state index is 0.176. The number of hydrogen-bond acceptors (Lipinski definition) is 4. The van der Waals surface area contributed by atoms with E-state index in [9.17, 15) is 13.2 Å². The van der Waals surface area contributed by atoms with Gasteiger partial charge in [0.2, 0.25) is 10.0 Å². The third kappa shape index (κ3) is 5.41. The van der Waals surface area contributed by atoms with Gasteiger partial charge in [-0.05, 0) is 86.1 Å². The Hall–Kier alpha value is -2.38. The van der Waals surface area contributed by atoms with Gasteiger partial charge in [0, 0.05) is 18.7 Å². The summed E-state index contributed by atoms with van der Waals surface area (Å²) >= 11 is 0. The Morgan fingerprint density at radius 1 is 0.970 bits per heavy atom. The van der Waals surface area contributed by atoms with E-state index in [2.05, 4.69) is 25.2 Å². The second-order valence-electron chi connectivity index (χ2n) is 9.24. The number of ether oxygens (including phenoxy) is 1. The Morgan fingerprint density at radius 2 is 1.64 bits per heavy atom. The number of piperidine rings is 1. The predicted molar refractivity (Wildman–Crippen MR) is 131 cm³/mol. The summed E-state index contributed by atoms with van der Waals surface area (Å²) in [7, 11) is -1.94. The topological polar surface area (TPSA) is 75.7 Å². The molecule has 1 aliphatic rings. The highest BCUT2D eigenvalue weighted by molar-refractivity contribution is 7.89. The van der Waals surface area contributed by atoms with Crippen LogP contribution in [0.25, 0.3) is 0 Å². The van der Waals surface area contributed by atoms with E-state index in [4.69, 9.17) is 4.74 Å². The number of sulfonamides is 1. The lowest BCUT2D eigenvalue weighted by molar-refractivity contribution is 0.0939. The normalized spacial score (nSPS) is 16.0. The van der Waals surface area contributed by atoms with E-state index in [1.165, 1.54) is 10.4 Å². The first-order chi connectivity index (χ1) is 15.6. The fourth-order valence-corrected chi connectivity index (χ4v) is 5.97. The molecular formula is C26H36N2O4S.